The van der Waals surface area contributed by atoms with Gasteiger partial charge in [0, 0.05) is 18.3 Å². The van der Waals surface area contributed by atoms with Gasteiger partial charge in [-0.05, 0) is 25.8 Å². The van der Waals surface area contributed by atoms with E-state index in [1.165, 1.54) is 0 Å². The number of benzene rings is 1. The molecular formula is C15H20N2O. The fraction of sp³-hybridized carbons (Fsp3) is 0.400. The van der Waals surface area contributed by atoms with E-state index in [9.17, 15) is 4.79 Å². The molecule has 1 aromatic carbocycles. The summed E-state index contributed by atoms with van der Waals surface area (Å²) in [5.41, 5.74) is 4.59. The van der Waals surface area contributed by atoms with Crippen LogP contribution in [0.5, 0.6) is 0 Å². The average Bonchev–Trinajstić information content (AvgIpc) is 2.43. The maximum atomic E-state index is 12.6. The van der Waals surface area contributed by atoms with Crippen molar-refractivity contribution in [3.05, 3.63) is 47.7 Å². The van der Waals surface area contributed by atoms with E-state index in [0.29, 0.717) is 0 Å². The average molecular weight is 244 g/mol. The Bertz CT molecular complexity index is 467. The van der Waals surface area contributed by atoms with E-state index in [0.717, 1.165) is 24.1 Å². The number of Topliss-reactive ketones (excluding diaryl/α,β-unsaturated/α-hetero) is 1. The minimum atomic E-state index is -0.615. The molecule has 3 heteroatoms. The summed E-state index contributed by atoms with van der Waals surface area (Å²) in [6.45, 7) is 6.83. The van der Waals surface area contributed by atoms with Gasteiger partial charge in [0.1, 0.15) is 5.54 Å². The van der Waals surface area contributed by atoms with Gasteiger partial charge in [0.2, 0.25) is 0 Å². The van der Waals surface area contributed by atoms with E-state index >= 15 is 0 Å². The lowest BCUT2D eigenvalue weighted by Gasteiger charge is -2.41. The molecule has 1 heterocycles. The smallest absolute Gasteiger partial charge is 0.186 e. The summed E-state index contributed by atoms with van der Waals surface area (Å²) in [6.07, 6.45) is 2.62. The first-order chi connectivity index (χ1) is 8.64. The first-order valence-electron chi connectivity index (χ1n) is 6.47. The highest BCUT2D eigenvalue weighted by Gasteiger charge is 2.42. The highest BCUT2D eigenvalue weighted by Crippen LogP contribution is 2.32. The number of hydrazine groups is 1. The summed E-state index contributed by atoms with van der Waals surface area (Å²) in [5, 5.41) is 1.99. The fourth-order valence-corrected chi connectivity index (χ4v) is 2.49. The van der Waals surface area contributed by atoms with Gasteiger partial charge in [0.15, 0.2) is 5.78 Å². The number of carbonyl (C=O) groups excluding carboxylic acids is 1. The highest BCUT2D eigenvalue weighted by molar-refractivity contribution is 6.03. The Hall–Kier alpha value is -1.61. The summed E-state index contributed by atoms with van der Waals surface area (Å²) in [7, 11) is 0. The van der Waals surface area contributed by atoms with Gasteiger partial charge < -0.3 is 5.01 Å². The van der Waals surface area contributed by atoms with Crippen LogP contribution >= 0.6 is 0 Å². The molecule has 1 atom stereocenters. The van der Waals surface area contributed by atoms with Crippen LogP contribution in [0.15, 0.2) is 42.1 Å². The third kappa shape index (κ3) is 1.95. The van der Waals surface area contributed by atoms with Crippen molar-refractivity contribution in [1.29, 1.82) is 0 Å². The van der Waals surface area contributed by atoms with Crippen molar-refractivity contribution in [3.63, 3.8) is 0 Å². The Morgan fingerprint density at radius 1 is 1.22 bits per heavy atom. The molecule has 0 aromatic heterocycles. The molecule has 3 nitrogen and oxygen atoms in total. The van der Waals surface area contributed by atoms with Crippen molar-refractivity contribution in [2.45, 2.75) is 32.7 Å². The van der Waals surface area contributed by atoms with Gasteiger partial charge in [-0.2, -0.15) is 0 Å². The second kappa shape index (κ2) is 4.94. The van der Waals surface area contributed by atoms with E-state index in [-0.39, 0.29) is 5.78 Å². The minimum absolute atomic E-state index is 0.168. The highest BCUT2D eigenvalue weighted by atomic mass is 16.1. The third-order valence-electron chi connectivity index (χ3n) is 3.57. The van der Waals surface area contributed by atoms with Crippen LogP contribution in [0.1, 0.15) is 32.8 Å². The Morgan fingerprint density at radius 2 is 1.89 bits per heavy atom. The van der Waals surface area contributed by atoms with Crippen LogP contribution in [-0.2, 0) is 10.3 Å². The van der Waals surface area contributed by atoms with Crippen LogP contribution < -0.4 is 5.43 Å². The van der Waals surface area contributed by atoms with Gasteiger partial charge >= 0.3 is 0 Å². The van der Waals surface area contributed by atoms with Gasteiger partial charge in [0.05, 0.1) is 0 Å². The van der Waals surface area contributed by atoms with Crippen molar-refractivity contribution >= 4 is 5.78 Å². The summed E-state index contributed by atoms with van der Waals surface area (Å²) in [4.78, 5) is 12.6. The molecule has 1 N–H and O–H groups in total. The quantitative estimate of drug-likeness (QED) is 0.887. The monoisotopic (exact) mass is 244 g/mol. The van der Waals surface area contributed by atoms with E-state index in [4.69, 9.17) is 0 Å². The van der Waals surface area contributed by atoms with Crippen LogP contribution in [0.3, 0.4) is 0 Å². The van der Waals surface area contributed by atoms with Crippen LogP contribution in [0, 0.1) is 0 Å². The SMILES string of the molecule is CCN1C=C(C)C(=O)C(CC)(c2ccccc2)N1. The molecule has 1 unspecified atom stereocenters. The predicted molar refractivity (Wildman–Crippen MR) is 72.7 cm³/mol. The topological polar surface area (TPSA) is 32.3 Å². The van der Waals surface area contributed by atoms with Crippen molar-refractivity contribution in [2.75, 3.05) is 6.54 Å². The van der Waals surface area contributed by atoms with E-state index in [1.807, 2.05) is 55.4 Å². The molecule has 0 spiro atoms. The predicted octanol–water partition coefficient (Wildman–Crippen LogP) is 2.60. The Morgan fingerprint density at radius 3 is 2.44 bits per heavy atom. The number of nitrogens with one attached hydrogen (secondary N) is 1. The van der Waals surface area contributed by atoms with Crippen molar-refractivity contribution in [3.8, 4) is 0 Å². The lowest BCUT2D eigenvalue weighted by atomic mass is 9.80. The number of hydrogen-bond acceptors (Lipinski definition) is 3. The molecule has 0 amide bonds. The Kier molecular flexibility index (Phi) is 3.53. The molecule has 96 valence electrons. The molecule has 2 rings (SSSR count). The third-order valence-corrected chi connectivity index (χ3v) is 3.57. The number of nitrogens with zero attached hydrogens (tertiary/aromatic N) is 1. The normalized spacial score (nSPS) is 24.1. The van der Waals surface area contributed by atoms with Crippen LogP contribution in [-0.4, -0.2) is 17.3 Å². The molecule has 0 saturated carbocycles. The second-order valence-corrected chi connectivity index (χ2v) is 4.66. The van der Waals surface area contributed by atoms with E-state index < -0.39 is 5.54 Å². The van der Waals surface area contributed by atoms with Crippen LogP contribution in [0.25, 0.3) is 0 Å². The summed E-state index contributed by atoms with van der Waals surface area (Å²) in [5.74, 6) is 0.168. The van der Waals surface area contributed by atoms with Gasteiger partial charge in [-0.15, -0.1) is 0 Å². The van der Waals surface area contributed by atoms with Crippen LogP contribution in [0.2, 0.25) is 0 Å². The zero-order valence-electron chi connectivity index (χ0n) is 11.2. The van der Waals surface area contributed by atoms with E-state index in [1.54, 1.807) is 0 Å². The maximum absolute atomic E-state index is 12.6. The molecule has 0 fully saturated rings. The molecular weight excluding hydrogens is 224 g/mol. The standard InChI is InChI=1S/C15H20N2O/c1-4-15(13-9-7-6-8-10-13)14(18)12(3)11-17(5-2)16-15/h6-11,16H,4-5H2,1-3H3. The Balaban J connectivity index is 2.50. The summed E-state index contributed by atoms with van der Waals surface area (Å²) < 4.78 is 0. The zero-order chi connectivity index (χ0) is 13.2. The minimum Gasteiger partial charge on any atom is -0.314 e. The summed E-state index contributed by atoms with van der Waals surface area (Å²) >= 11 is 0. The molecule has 18 heavy (non-hydrogen) atoms. The molecule has 1 aliphatic rings. The molecule has 0 aliphatic carbocycles. The lowest BCUT2D eigenvalue weighted by molar-refractivity contribution is -0.125. The van der Waals surface area contributed by atoms with E-state index in [2.05, 4.69) is 12.3 Å². The molecule has 0 radical (unpaired) electrons. The largest absolute Gasteiger partial charge is 0.314 e. The van der Waals surface area contributed by atoms with Crippen LogP contribution in [0.4, 0.5) is 0 Å². The number of ketones is 1. The van der Waals surface area contributed by atoms with Gasteiger partial charge in [-0.25, -0.2) is 5.43 Å². The number of rotatable bonds is 3. The zero-order valence-corrected chi connectivity index (χ0v) is 11.2. The fourth-order valence-electron chi connectivity index (χ4n) is 2.49. The maximum Gasteiger partial charge on any atom is 0.186 e. The van der Waals surface area contributed by atoms with Gasteiger partial charge in [0.25, 0.3) is 0 Å². The van der Waals surface area contributed by atoms with Gasteiger partial charge in [-0.1, -0.05) is 37.3 Å². The van der Waals surface area contributed by atoms with Crippen molar-refractivity contribution in [1.82, 2.24) is 10.4 Å². The Labute approximate surface area is 108 Å². The second-order valence-electron chi connectivity index (χ2n) is 4.66. The number of hydrogen-bond donors (Lipinski definition) is 1. The molecule has 0 saturated heterocycles. The molecule has 0 bridgehead atoms. The van der Waals surface area contributed by atoms with Crippen molar-refractivity contribution in [2.24, 2.45) is 0 Å². The first-order valence-corrected chi connectivity index (χ1v) is 6.47. The number of carbonyl (C=O) groups is 1. The molecule has 1 aliphatic heterocycles. The van der Waals surface area contributed by atoms with Crippen molar-refractivity contribution < 1.29 is 4.79 Å². The summed E-state index contributed by atoms with van der Waals surface area (Å²) in [6, 6.07) is 9.96. The lowest BCUT2D eigenvalue weighted by Crippen LogP contribution is -2.58. The first kappa shape index (κ1) is 12.8. The van der Waals surface area contributed by atoms with Gasteiger partial charge in [-0.3, -0.25) is 4.79 Å². The molecule has 1 aromatic rings.